The van der Waals surface area contributed by atoms with Crippen molar-refractivity contribution in [3.8, 4) is 0 Å². The zero-order valence-electron chi connectivity index (χ0n) is 34.8. The van der Waals surface area contributed by atoms with Crippen LogP contribution in [0.15, 0.2) is 0 Å². The van der Waals surface area contributed by atoms with E-state index in [1.54, 1.807) is 0 Å². The Morgan fingerprint density at radius 3 is 0.549 bits per heavy atom. The van der Waals surface area contributed by atoms with Gasteiger partial charge in [-0.05, 0) is 12.8 Å². The largest absolute Gasteiger partial charge is 0.466 e. The highest BCUT2D eigenvalue weighted by molar-refractivity contribution is 7.45. The van der Waals surface area contributed by atoms with Crippen LogP contribution in [0.4, 0.5) is 0 Å². The van der Waals surface area contributed by atoms with Crippen molar-refractivity contribution in [3.05, 3.63) is 0 Å². The molecule has 0 saturated carbocycles. The lowest BCUT2D eigenvalue weighted by atomic mass is 10.0. The lowest BCUT2D eigenvalue weighted by Crippen LogP contribution is -1.97. The van der Waals surface area contributed by atoms with Crippen LogP contribution in [0.5, 0.6) is 0 Å². The minimum atomic E-state index is -4.64. The zero-order valence-corrected chi connectivity index (χ0v) is 35.7. The Kier molecular flexibility index (Phi) is 54.3. The van der Waals surface area contributed by atoms with Crippen LogP contribution in [0.3, 0.4) is 0 Å². The quantitative estimate of drug-likeness (QED) is 0.0424. The highest BCUT2D eigenvalue weighted by atomic mass is 31.2. The van der Waals surface area contributed by atoms with Gasteiger partial charge in [-0.25, -0.2) is 4.57 Å². The molecule has 51 heavy (non-hydrogen) atoms. The van der Waals surface area contributed by atoms with Gasteiger partial charge in [0, 0.05) is 13.2 Å². The van der Waals surface area contributed by atoms with E-state index < -0.39 is 7.82 Å². The Morgan fingerprint density at radius 1 is 0.294 bits per heavy atom. The van der Waals surface area contributed by atoms with Gasteiger partial charge in [-0.3, -0.25) is 0 Å². The Balaban J connectivity index is -0.00000356. The van der Waals surface area contributed by atoms with Crippen LogP contribution in [0.1, 0.15) is 271 Å². The first-order chi connectivity index (χ1) is 24.4. The molecule has 0 unspecified atom stereocenters. The first kappa shape index (κ1) is 55.4. The third-order valence-electron chi connectivity index (χ3n) is 10.3. The molecule has 0 aliphatic rings. The van der Waals surface area contributed by atoms with Crippen LogP contribution in [0.2, 0.25) is 0 Å². The van der Waals surface area contributed by atoms with Gasteiger partial charge in [0.15, 0.2) is 0 Å². The second-order valence-corrected chi connectivity index (χ2v) is 16.6. The normalized spacial score (nSPS) is 11.4. The Morgan fingerprint density at radius 2 is 0.412 bits per heavy atom. The fourth-order valence-electron chi connectivity index (χ4n) is 7.02. The zero-order chi connectivity index (χ0) is 36.9. The average molecular weight is 751 g/mol. The summed E-state index contributed by atoms with van der Waals surface area (Å²) in [5.41, 5.74) is 0. The van der Waals surface area contributed by atoms with E-state index in [4.69, 9.17) is 24.0 Å². The van der Waals surface area contributed by atoms with Crippen LogP contribution in [-0.4, -0.2) is 33.4 Å². The molecule has 0 aliphatic heterocycles. The van der Waals surface area contributed by atoms with Gasteiger partial charge < -0.3 is 24.9 Å². The highest BCUT2D eigenvalue weighted by Crippen LogP contribution is 2.26. The molecule has 0 amide bonds. The van der Waals surface area contributed by atoms with E-state index in [1.807, 2.05) is 0 Å². The van der Waals surface area contributed by atoms with E-state index in [-0.39, 0.29) is 5.48 Å². The average Bonchev–Trinajstić information content (AvgIpc) is 3.08. The molecule has 312 valence electrons. The van der Waals surface area contributed by atoms with Crippen LogP contribution >= 0.6 is 7.82 Å². The SMILES string of the molecule is CCCCCCCCCCCCCCCCCCCCCCOCCCCCCCCCCCCCCCCCCCCCC.O.O=P(O)(O)O. The summed E-state index contributed by atoms with van der Waals surface area (Å²) in [6.45, 7) is 6.61. The number of unbranched alkanes of at least 4 members (excludes halogenated alkanes) is 38. The predicted molar refractivity (Wildman–Crippen MR) is 225 cm³/mol. The summed E-state index contributed by atoms with van der Waals surface area (Å²) < 4.78 is 14.8. The molecule has 0 aromatic rings. The second kappa shape index (κ2) is 50.0. The van der Waals surface area contributed by atoms with Crippen LogP contribution in [-0.2, 0) is 9.30 Å². The molecule has 7 heteroatoms. The van der Waals surface area contributed by atoms with Crippen molar-refractivity contribution in [2.75, 3.05) is 13.2 Å². The maximum Gasteiger partial charge on any atom is 0.466 e. The molecule has 0 rings (SSSR count). The lowest BCUT2D eigenvalue weighted by Gasteiger charge is -2.06. The van der Waals surface area contributed by atoms with E-state index in [0.29, 0.717) is 0 Å². The van der Waals surface area contributed by atoms with Gasteiger partial charge in [-0.15, -0.1) is 0 Å². The van der Waals surface area contributed by atoms with E-state index in [9.17, 15) is 0 Å². The first-order valence-electron chi connectivity index (χ1n) is 22.8. The van der Waals surface area contributed by atoms with Crippen molar-refractivity contribution in [3.63, 3.8) is 0 Å². The molecular weight excluding hydrogens is 655 g/mol. The molecular formula is C44H95O6P. The molecule has 5 N–H and O–H groups in total. The molecule has 0 fully saturated rings. The van der Waals surface area contributed by atoms with Crippen LogP contribution in [0.25, 0.3) is 0 Å². The summed E-state index contributed by atoms with van der Waals surface area (Å²) in [4.78, 5) is 21.6. The van der Waals surface area contributed by atoms with E-state index in [1.165, 1.54) is 257 Å². The predicted octanol–water partition coefficient (Wildman–Crippen LogP) is 14.9. The minimum absolute atomic E-state index is 0. The monoisotopic (exact) mass is 751 g/mol. The van der Waals surface area contributed by atoms with Gasteiger partial charge in [0.25, 0.3) is 0 Å². The van der Waals surface area contributed by atoms with Crippen molar-refractivity contribution >= 4 is 7.82 Å². The second-order valence-electron chi connectivity index (χ2n) is 15.6. The van der Waals surface area contributed by atoms with Crippen molar-refractivity contribution in [1.29, 1.82) is 0 Å². The molecule has 6 nitrogen and oxygen atoms in total. The molecule has 0 radical (unpaired) electrons. The number of hydrogen-bond donors (Lipinski definition) is 3. The van der Waals surface area contributed by atoms with Crippen LogP contribution in [0, 0.1) is 0 Å². The first-order valence-corrected chi connectivity index (χ1v) is 24.3. The van der Waals surface area contributed by atoms with E-state index >= 15 is 0 Å². The van der Waals surface area contributed by atoms with Gasteiger partial charge in [-0.1, -0.05) is 258 Å². The van der Waals surface area contributed by atoms with E-state index in [2.05, 4.69) is 13.8 Å². The Bertz CT molecular complexity index is 578. The van der Waals surface area contributed by atoms with Gasteiger partial charge in [-0.2, -0.15) is 0 Å². The van der Waals surface area contributed by atoms with Gasteiger partial charge in [0.2, 0.25) is 0 Å². The summed E-state index contributed by atoms with van der Waals surface area (Å²) >= 11 is 0. The van der Waals surface area contributed by atoms with E-state index in [0.717, 1.165) is 13.2 Å². The summed E-state index contributed by atoms with van der Waals surface area (Å²) in [6, 6.07) is 0. The number of rotatable bonds is 42. The van der Waals surface area contributed by atoms with Gasteiger partial charge >= 0.3 is 7.82 Å². The number of ether oxygens (including phenoxy) is 1. The lowest BCUT2D eigenvalue weighted by molar-refractivity contribution is 0.125. The molecule has 0 aromatic heterocycles. The molecule has 0 heterocycles. The fraction of sp³-hybridized carbons (Fsp3) is 1.00. The number of hydrogen-bond acceptors (Lipinski definition) is 2. The smallest absolute Gasteiger partial charge is 0.412 e. The van der Waals surface area contributed by atoms with Crippen molar-refractivity contribution in [2.45, 2.75) is 271 Å². The maximum atomic E-state index is 8.88. The summed E-state index contributed by atoms with van der Waals surface area (Å²) in [5, 5.41) is 0. The molecule has 0 spiro atoms. The van der Waals surface area contributed by atoms with Crippen molar-refractivity contribution < 1.29 is 29.5 Å². The summed E-state index contributed by atoms with van der Waals surface area (Å²) in [7, 11) is -4.64. The Labute approximate surface area is 320 Å². The molecule has 0 aliphatic carbocycles. The molecule has 0 aromatic carbocycles. The Hall–Kier alpha value is 0.0300. The number of phosphoric acid groups is 1. The molecule has 0 bridgehead atoms. The van der Waals surface area contributed by atoms with Gasteiger partial charge in [0.1, 0.15) is 0 Å². The van der Waals surface area contributed by atoms with Gasteiger partial charge in [0.05, 0.1) is 0 Å². The highest BCUT2D eigenvalue weighted by Gasteiger charge is 2.00. The molecule has 0 saturated heterocycles. The van der Waals surface area contributed by atoms with Crippen molar-refractivity contribution in [1.82, 2.24) is 0 Å². The summed E-state index contributed by atoms with van der Waals surface area (Å²) in [5.74, 6) is 0. The third-order valence-corrected chi connectivity index (χ3v) is 10.3. The summed E-state index contributed by atoms with van der Waals surface area (Å²) in [6.07, 6.45) is 58.0. The molecule has 0 atom stereocenters. The fourth-order valence-corrected chi connectivity index (χ4v) is 7.02. The topological polar surface area (TPSA) is 118 Å². The van der Waals surface area contributed by atoms with Crippen LogP contribution < -0.4 is 0 Å². The van der Waals surface area contributed by atoms with Crippen molar-refractivity contribution in [2.24, 2.45) is 0 Å². The minimum Gasteiger partial charge on any atom is -0.412 e. The third kappa shape index (κ3) is 65.3. The maximum absolute atomic E-state index is 8.88. The standard InChI is InChI=1S/C44H90O.H3O4P.H2O/c1-3-5-7-9-11-13-15-17-19-21-23-25-27-29-31-33-35-37-39-41-43-45-44-42-40-38-36-34-32-30-28-26-24-22-20-18-16-14-12-10-8-6-4-2;1-5(2,3)4;/h3-44H2,1-2H3;(H3,1,2,3,4);1H2.